The highest BCUT2D eigenvalue weighted by atomic mass is 16.6. The summed E-state index contributed by atoms with van der Waals surface area (Å²) < 4.78 is 11.0. The number of rotatable bonds is 2. The minimum atomic E-state index is -0.558. The number of H-pyrrole nitrogens is 2. The molecular weight excluding hydrogens is 260 g/mol. The number of ether oxygens (including phenoxy) is 2. The van der Waals surface area contributed by atoms with E-state index in [9.17, 15) is 9.59 Å². The highest BCUT2D eigenvalue weighted by Gasteiger charge is 2.16. The highest BCUT2D eigenvalue weighted by molar-refractivity contribution is 5.76. The van der Waals surface area contributed by atoms with Crippen molar-refractivity contribution in [3.63, 3.8) is 0 Å². The van der Waals surface area contributed by atoms with E-state index in [2.05, 4.69) is 16.5 Å². The van der Waals surface area contributed by atoms with Gasteiger partial charge in [0.15, 0.2) is 11.5 Å². The van der Waals surface area contributed by atoms with Gasteiger partial charge in [0.2, 0.25) is 0 Å². The molecule has 0 amide bonds. The molecule has 2 aromatic rings. The number of nitrogens with one attached hydrogen (secondary N) is 2. The number of hydrogen-bond donors (Lipinski definition) is 2. The molecule has 1 aromatic heterocycles. The third-order valence-corrected chi connectivity index (χ3v) is 2.98. The van der Waals surface area contributed by atoms with Gasteiger partial charge in [0.25, 0.3) is 5.56 Å². The lowest BCUT2D eigenvalue weighted by Gasteiger charge is -2.20. The van der Waals surface area contributed by atoms with Gasteiger partial charge in [-0.05, 0) is 17.7 Å². The number of fused-ring (bicyclic) bond motifs is 1. The summed E-state index contributed by atoms with van der Waals surface area (Å²) in [6.45, 7) is 4.69. The van der Waals surface area contributed by atoms with Crippen molar-refractivity contribution >= 4 is 6.08 Å². The summed E-state index contributed by atoms with van der Waals surface area (Å²) in [4.78, 5) is 27.5. The van der Waals surface area contributed by atoms with Gasteiger partial charge in [-0.2, -0.15) is 0 Å². The first-order valence-electron chi connectivity index (χ1n) is 6.07. The van der Waals surface area contributed by atoms with Crippen molar-refractivity contribution < 1.29 is 9.47 Å². The maximum Gasteiger partial charge on any atom is 0.326 e. The molecule has 0 aliphatic carbocycles. The molecule has 1 aliphatic heterocycles. The Morgan fingerprint density at radius 3 is 2.40 bits per heavy atom. The second-order valence-corrected chi connectivity index (χ2v) is 4.29. The average Bonchev–Trinajstić information content (AvgIpc) is 2.44. The fraction of sp³-hybridized carbons (Fsp3) is 0.143. The Labute approximate surface area is 113 Å². The van der Waals surface area contributed by atoms with E-state index in [4.69, 9.17) is 9.47 Å². The zero-order valence-corrected chi connectivity index (χ0v) is 10.6. The van der Waals surface area contributed by atoms with Gasteiger partial charge in [-0.25, -0.2) is 4.79 Å². The van der Waals surface area contributed by atoms with Crippen molar-refractivity contribution in [3.05, 3.63) is 51.2 Å². The molecule has 0 saturated carbocycles. The Morgan fingerprint density at radius 2 is 1.75 bits per heavy atom. The predicted octanol–water partition coefficient (Wildman–Crippen LogP) is 1.14. The van der Waals surface area contributed by atoms with Crippen molar-refractivity contribution in [2.24, 2.45) is 0 Å². The van der Waals surface area contributed by atoms with Gasteiger partial charge in [-0.1, -0.05) is 12.7 Å². The van der Waals surface area contributed by atoms with Gasteiger partial charge in [-0.3, -0.25) is 9.78 Å². The second kappa shape index (κ2) is 4.73. The van der Waals surface area contributed by atoms with Gasteiger partial charge in [-0.15, -0.1) is 0 Å². The molecule has 6 nitrogen and oxygen atoms in total. The average molecular weight is 272 g/mol. The molecule has 20 heavy (non-hydrogen) atoms. The SMILES string of the molecule is C=Cc1cc2c(cc1-c1cc(=O)[nH]c(=O)[nH]1)OCCO2. The monoisotopic (exact) mass is 272 g/mol. The molecule has 6 heteroatoms. The van der Waals surface area contributed by atoms with Crippen LogP contribution in [0.15, 0.2) is 34.4 Å². The molecule has 1 aliphatic rings. The van der Waals surface area contributed by atoms with Crippen LogP contribution in [0.2, 0.25) is 0 Å². The standard InChI is InChI=1S/C14H12N2O4/c1-2-8-5-11-12(20-4-3-19-11)6-9(8)10-7-13(17)16-14(18)15-10/h2,5-7H,1,3-4H2,(H2,15,16,17,18). The van der Waals surface area contributed by atoms with E-state index < -0.39 is 11.2 Å². The highest BCUT2D eigenvalue weighted by Crippen LogP contribution is 2.36. The van der Waals surface area contributed by atoms with E-state index in [0.717, 1.165) is 5.56 Å². The molecule has 102 valence electrons. The summed E-state index contributed by atoms with van der Waals surface area (Å²) in [6, 6.07) is 4.83. The molecule has 0 radical (unpaired) electrons. The largest absolute Gasteiger partial charge is 0.486 e. The summed E-state index contributed by atoms with van der Waals surface area (Å²) in [7, 11) is 0. The minimum Gasteiger partial charge on any atom is -0.486 e. The van der Waals surface area contributed by atoms with Crippen LogP contribution in [0, 0.1) is 0 Å². The van der Waals surface area contributed by atoms with Gasteiger partial charge < -0.3 is 14.5 Å². The maximum atomic E-state index is 11.4. The molecule has 0 atom stereocenters. The first-order chi connectivity index (χ1) is 9.67. The lowest BCUT2D eigenvalue weighted by atomic mass is 10.0. The Hall–Kier alpha value is -2.76. The number of hydrogen-bond acceptors (Lipinski definition) is 4. The van der Waals surface area contributed by atoms with E-state index in [1.165, 1.54) is 6.07 Å². The van der Waals surface area contributed by atoms with Crippen LogP contribution in [0.5, 0.6) is 11.5 Å². The van der Waals surface area contributed by atoms with Crippen molar-refractivity contribution in [1.29, 1.82) is 0 Å². The fourth-order valence-electron chi connectivity index (χ4n) is 2.12. The maximum absolute atomic E-state index is 11.4. The summed E-state index contributed by atoms with van der Waals surface area (Å²) >= 11 is 0. The Balaban J connectivity index is 2.24. The second-order valence-electron chi connectivity index (χ2n) is 4.29. The van der Waals surface area contributed by atoms with E-state index >= 15 is 0 Å². The first kappa shape index (κ1) is 12.3. The predicted molar refractivity (Wildman–Crippen MR) is 74.2 cm³/mol. The van der Waals surface area contributed by atoms with Crippen molar-refractivity contribution in [1.82, 2.24) is 9.97 Å². The van der Waals surface area contributed by atoms with E-state index in [0.29, 0.717) is 36.0 Å². The number of benzene rings is 1. The Kier molecular flexibility index (Phi) is 2.90. The van der Waals surface area contributed by atoms with Crippen LogP contribution in [0.1, 0.15) is 5.56 Å². The van der Waals surface area contributed by atoms with Crippen LogP contribution in [0.25, 0.3) is 17.3 Å². The van der Waals surface area contributed by atoms with Crippen molar-refractivity contribution in [3.8, 4) is 22.8 Å². The normalized spacial score (nSPS) is 13.0. The van der Waals surface area contributed by atoms with Crippen LogP contribution in [-0.2, 0) is 0 Å². The molecule has 0 bridgehead atoms. The first-order valence-corrected chi connectivity index (χ1v) is 6.07. The van der Waals surface area contributed by atoms with Gasteiger partial charge in [0, 0.05) is 11.6 Å². The molecule has 2 heterocycles. The third kappa shape index (κ3) is 2.11. The number of aromatic nitrogens is 2. The van der Waals surface area contributed by atoms with Crippen LogP contribution >= 0.6 is 0 Å². The molecular formula is C14H12N2O4. The topological polar surface area (TPSA) is 84.2 Å². The summed E-state index contributed by atoms with van der Waals surface area (Å²) in [5.41, 5.74) is 0.791. The van der Waals surface area contributed by atoms with Crippen molar-refractivity contribution in [2.45, 2.75) is 0 Å². The smallest absolute Gasteiger partial charge is 0.326 e. The molecule has 0 fully saturated rings. The lowest BCUT2D eigenvalue weighted by Crippen LogP contribution is -2.22. The minimum absolute atomic E-state index is 0.408. The molecule has 2 N–H and O–H groups in total. The van der Waals surface area contributed by atoms with Gasteiger partial charge in [0.05, 0.1) is 5.69 Å². The van der Waals surface area contributed by atoms with Crippen LogP contribution in [0.3, 0.4) is 0 Å². The van der Waals surface area contributed by atoms with Crippen LogP contribution in [0.4, 0.5) is 0 Å². The number of aromatic amines is 2. The molecule has 1 aromatic carbocycles. The molecule has 0 unspecified atom stereocenters. The van der Waals surface area contributed by atoms with Crippen molar-refractivity contribution in [2.75, 3.05) is 13.2 Å². The Bertz CT molecular complexity index is 760. The van der Waals surface area contributed by atoms with Crippen LogP contribution < -0.4 is 20.7 Å². The quantitative estimate of drug-likeness (QED) is 0.858. The Morgan fingerprint density at radius 1 is 1.05 bits per heavy atom. The van der Waals surface area contributed by atoms with Crippen LogP contribution in [-0.4, -0.2) is 23.2 Å². The van der Waals surface area contributed by atoms with Gasteiger partial charge in [0.1, 0.15) is 13.2 Å². The lowest BCUT2D eigenvalue weighted by molar-refractivity contribution is 0.171. The van der Waals surface area contributed by atoms with E-state index in [1.807, 2.05) is 0 Å². The van der Waals surface area contributed by atoms with E-state index in [-0.39, 0.29) is 0 Å². The molecule has 0 saturated heterocycles. The van der Waals surface area contributed by atoms with Gasteiger partial charge >= 0.3 is 5.69 Å². The van der Waals surface area contributed by atoms with E-state index in [1.54, 1.807) is 18.2 Å². The zero-order chi connectivity index (χ0) is 14.1. The summed E-state index contributed by atoms with van der Waals surface area (Å²) in [5.74, 6) is 1.21. The summed E-state index contributed by atoms with van der Waals surface area (Å²) in [5, 5.41) is 0. The zero-order valence-electron chi connectivity index (χ0n) is 10.6. The fourth-order valence-corrected chi connectivity index (χ4v) is 2.12. The third-order valence-electron chi connectivity index (χ3n) is 2.98. The molecule has 0 spiro atoms. The molecule has 3 rings (SSSR count). The summed E-state index contributed by atoms with van der Waals surface area (Å²) in [6.07, 6.45) is 1.63.